The zero-order chi connectivity index (χ0) is 13.3. The van der Waals surface area contributed by atoms with Gasteiger partial charge in [0.2, 0.25) is 0 Å². The molecule has 3 heteroatoms. The molecule has 0 amide bonds. The van der Waals surface area contributed by atoms with Crippen LogP contribution in [0.1, 0.15) is 27.6 Å². The molecule has 1 atom stereocenters. The Morgan fingerprint density at radius 1 is 1.11 bits per heavy atom. The first-order valence-electron chi connectivity index (χ1n) is 5.66. The van der Waals surface area contributed by atoms with Crippen molar-refractivity contribution in [2.45, 2.75) is 19.2 Å². The van der Waals surface area contributed by atoms with E-state index < -0.39 is 0 Å². The van der Waals surface area contributed by atoms with Crippen molar-refractivity contribution in [3.63, 3.8) is 0 Å². The summed E-state index contributed by atoms with van der Waals surface area (Å²) < 4.78 is 14.7. The summed E-state index contributed by atoms with van der Waals surface area (Å²) in [6, 6.07) is 11.6. The SMILES string of the molecule is Cc1cc(C(Cl)c2ccccc2I)cc(C)c1F. The van der Waals surface area contributed by atoms with E-state index in [4.69, 9.17) is 11.6 Å². The molecule has 1 unspecified atom stereocenters. The lowest BCUT2D eigenvalue weighted by Crippen LogP contribution is -1.99. The second-order valence-electron chi connectivity index (χ2n) is 4.35. The molecular weight excluding hydrogens is 362 g/mol. The van der Waals surface area contributed by atoms with E-state index in [1.54, 1.807) is 13.8 Å². The van der Waals surface area contributed by atoms with Crippen LogP contribution < -0.4 is 0 Å². The maximum Gasteiger partial charge on any atom is 0.129 e. The number of benzene rings is 2. The Morgan fingerprint density at radius 3 is 2.22 bits per heavy atom. The summed E-state index contributed by atoms with van der Waals surface area (Å²) >= 11 is 8.77. The molecule has 0 aliphatic carbocycles. The van der Waals surface area contributed by atoms with Crippen molar-refractivity contribution in [3.05, 3.63) is 68.0 Å². The zero-order valence-electron chi connectivity index (χ0n) is 10.2. The van der Waals surface area contributed by atoms with Gasteiger partial charge in [-0.2, -0.15) is 0 Å². The van der Waals surface area contributed by atoms with Crippen LogP contribution in [0.15, 0.2) is 36.4 Å². The fraction of sp³-hybridized carbons (Fsp3) is 0.200. The molecule has 0 saturated heterocycles. The Hall–Kier alpha value is -0.610. The van der Waals surface area contributed by atoms with E-state index in [0.717, 1.165) is 14.7 Å². The maximum atomic E-state index is 13.6. The number of hydrogen-bond donors (Lipinski definition) is 0. The van der Waals surface area contributed by atoms with Crippen LogP contribution >= 0.6 is 34.2 Å². The van der Waals surface area contributed by atoms with Crippen molar-refractivity contribution >= 4 is 34.2 Å². The van der Waals surface area contributed by atoms with E-state index in [0.29, 0.717) is 11.1 Å². The third kappa shape index (κ3) is 2.69. The molecule has 94 valence electrons. The molecule has 0 aliphatic rings. The van der Waals surface area contributed by atoms with E-state index in [-0.39, 0.29) is 11.2 Å². The van der Waals surface area contributed by atoms with Crippen LogP contribution in [0.25, 0.3) is 0 Å². The molecule has 0 aliphatic heterocycles. The molecule has 0 spiro atoms. The molecule has 2 aromatic rings. The minimum atomic E-state index is -0.240. The van der Waals surface area contributed by atoms with Crippen molar-refractivity contribution in [2.75, 3.05) is 0 Å². The number of aryl methyl sites for hydroxylation is 2. The zero-order valence-corrected chi connectivity index (χ0v) is 13.1. The monoisotopic (exact) mass is 374 g/mol. The lowest BCUT2D eigenvalue weighted by molar-refractivity contribution is 0.608. The van der Waals surface area contributed by atoms with Crippen LogP contribution in [0.3, 0.4) is 0 Å². The maximum absolute atomic E-state index is 13.6. The van der Waals surface area contributed by atoms with Gasteiger partial charge in [0.1, 0.15) is 5.82 Å². The Labute approximate surface area is 125 Å². The van der Waals surface area contributed by atoms with Gasteiger partial charge in [0.05, 0.1) is 5.38 Å². The highest BCUT2D eigenvalue weighted by Gasteiger charge is 2.15. The van der Waals surface area contributed by atoms with E-state index in [9.17, 15) is 4.39 Å². The summed E-state index contributed by atoms with van der Waals surface area (Å²) in [7, 11) is 0. The van der Waals surface area contributed by atoms with E-state index in [2.05, 4.69) is 22.6 Å². The van der Waals surface area contributed by atoms with Crippen LogP contribution in [-0.2, 0) is 0 Å². The van der Waals surface area contributed by atoms with Crippen molar-refractivity contribution in [1.82, 2.24) is 0 Å². The minimum absolute atomic E-state index is 0.148. The second-order valence-corrected chi connectivity index (χ2v) is 5.95. The van der Waals surface area contributed by atoms with Gasteiger partial charge in [-0.25, -0.2) is 4.39 Å². The molecule has 0 aromatic heterocycles. The average Bonchev–Trinajstić information content (AvgIpc) is 2.35. The largest absolute Gasteiger partial charge is 0.206 e. The summed E-state index contributed by atoms with van der Waals surface area (Å²) in [4.78, 5) is 0. The lowest BCUT2D eigenvalue weighted by atomic mass is 10.00. The van der Waals surface area contributed by atoms with Gasteiger partial charge in [0, 0.05) is 3.57 Å². The lowest BCUT2D eigenvalue weighted by Gasteiger charge is -2.14. The molecule has 18 heavy (non-hydrogen) atoms. The first-order chi connectivity index (χ1) is 8.50. The van der Waals surface area contributed by atoms with Gasteiger partial charge < -0.3 is 0 Å². The summed E-state index contributed by atoms with van der Waals surface area (Å²) in [6.45, 7) is 3.54. The van der Waals surface area contributed by atoms with E-state index >= 15 is 0 Å². The average molecular weight is 375 g/mol. The Bertz CT molecular complexity index is 557. The summed E-state index contributed by atoms with van der Waals surface area (Å²) in [5.74, 6) is -0.148. The highest BCUT2D eigenvalue weighted by Crippen LogP contribution is 2.33. The molecule has 0 fully saturated rings. The number of hydrogen-bond acceptors (Lipinski definition) is 0. The normalized spacial score (nSPS) is 12.5. The standard InChI is InChI=1S/C15H13ClFI/c1-9-7-11(8-10(2)15(9)17)14(16)12-5-3-4-6-13(12)18/h3-8,14H,1-2H3. The van der Waals surface area contributed by atoms with Crippen molar-refractivity contribution in [1.29, 1.82) is 0 Å². The van der Waals surface area contributed by atoms with Gasteiger partial charge in [0.15, 0.2) is 0 Å². The highest BCUT2D eigenvalue weighted by molar-refractivity contribution is 14.1. The van der Waals surface area contributed by atoms with Gasteiger partial charge in [-0.1, -0.05) is 30.3 Å². The molecule has 0 saturated carbocycles. The van der Waals surface area contributed by atoms with Gasteiger partial charge in [-0.3, -0.25) is 0 Å². The van der Waals surface area contributed by atoms with Crippen molar-refractivity contribution < 1.29 is 4.39 Å². The Kier molecular flexibility index (Phi) is 4.28. The fourth-order valence-electron chi connectivity index (χ4n) is 1.99. The van der Waals surface area contributed by atoms with Crippen molar-refractivity contribution in [3.8, 4) is 0 Å². The van der Waals surface area contributed by atoms with E-state index in [1.165, 1.54) is 0 Å². The predicted molar refractivity (Wildman–Crippen MR) is 82.7 cm³/mol. The first kappa shape index (κ1) is 13.8. The fourth-order valence-corrected chi connectivity index (χ4v) is 3.19. The number of rotatable bonds is 2. The molecule has 0 radical (unpaired) electrons. The number of halogens is 3. The van der Waals surface area contributed by atoms with Gasteiger partial charge in [-0.05, 0) is 64.8 Å². The van der Waals surface area contributed by atoms with Gasteiger partial charge in [0.25, 0.3) is 0 Å². The summed E-state index contributed by atoms with van der Waals surface area (Å²) in [5.41, 5.74) is 3.28. The molecule has 0 nitrogen and oxygen atoms in total. The number of alkyl halides is 1. The molecule has 0 heterocycles. The minimum Gasteiger partial charge on any atom is -0.206 e. The Morgan fingerprint density at radius 2 is 1.67 bits per heavy atom. The van der Waals surface area contributed by atoms with Gasteiger partial charge in [-0.15, -0.1) is 11.6 Å². The summed E-state index contributed by atoms with van der Waals surface area (Å²) in [6.07, 6.45) is 0. The highest BCUT2D eigenvalue weighted by atomic mass is 127. The third-order valence-corrected chi connectivity index (χ3v) is 4.40. The van der Waals surface area contributed by atoms with Crippen molar-refractivity contribution in [2.24, 2.45) is 0 Å². The Balaban J connectivity index is 2.47. The second kappa shape index (κ2) is 5.57. The summed E-state index contributed by atoms with van der Waals surface area (Å²) in [5, 5.41) is -0.240. The van der Waals surface area contributed by atoms with Crippen LogP contribution in [0.4, 0.5) is 4.39 Å². The first-order valence-corrected chi connectivity index (χ1v) is 7.17. The van der Waals surface area contributed by atoms with Crippen LogP contribution in [0, 0.1) is 23.2 Å². The molecule has 2 rings (SSSR count). The van der Waals surface area contributed by atoms with Crippen LogP contribution in [0.2, 0.25) is 0 Å². The molecule has 0 bridgehead atoms. The van der Waals surface area contributed by atoms with E-state index in [1.807, 2.05) is 36.4 Å². The van der Waals surface area contributed by atoms with Crippen LogP contribution in [0.5, 0.6) is 0 Å². The molecule has 0 N–H and O–H groups in total. The molecule has 2 aromatic carbocycles. The smallest absolute Gasteiger partial charge is 0.129 e. The quantitative estimate of drug-likeness (QED) is 0.489. The molecular formula is C15H13ClFI. The van der Waals surface area contributed by atoms with Crippen LogP contribution in [-0.4, -0.2) is 0 Å². The predicted octanol–water partition coefficient (Wildman–Crippen LogP) is 5.38. The van der Waals surface area contributed by atoms with Gasteiger partial charge >= 0.3 is 0 Å². The topological polar surface area (TPSA) is 0 Å². The third-order valence-electron chi connectivity index (χ3n) is 2.93.